The van der Waals surface area contributed by atoms with Crippen LogP contribution in [0.25, 0.3) is 12.2 Å². The Morgan fingerprint density at radius 1 is 0.727 bits per heavy atom. The molecule has 0 aromatic heterocycles. The number of aryl methyl sites for hydroxylation is 2. The molecule has 108 valence electrons. The minimum absolute atomic E-state index is 1.06. The van der Waals surface area contributed by atoms with Gasteiger partial charge in [0.2, 0.25) is 0 Å². The summed E-state index contributed by atoms with van der Waals surface area (Å²) in [5.74, 6) is 0. The number of rotatable bonds is 2. The van der Waals surface area contributed by atoms with Crippen LogP contribution in [0.2, 0.25) is 0 Å². The molecule has 0 aliphatic carbocycles. The fourth-order valence-electron chi connectivity index (χ4n) is 2.79. The standard InChI is InChI=1S/C22H20/c1-16-12-14-19(15-13-16)22(20-10-6-4-8-17(20)2)21-11-7-5-9-18(21)3/h4-15H,2H2,1,3H3/b22-20-. The normalized spacial score (nSPS) is 12.1. The van der Waals surface area contributed by atoms with E-state index >= 15 is 0 Å². The van der Waals surface area contributed by atoms with Gasteiger partial charge >= 0.3 is 0 Å². The molecular weight excluding hydrogens is 264 g/mol. The van der Waals surface area contributed by atoms with Crippen LogP contribution in [0.4, 0.5) is 0 Å². The van der Waals surface area contributed by atoms with Crippen molar-refractivity contribution in [2.75, 3.05) is 0 Å². The summed E-state index contributed by atoms with van der Waals surface area (Å²) in [6, 6.07) is 25.6. The van der Waals surface area contributed by atoms with E-state index in [4.69, 9.17) is 0 Å². The molecule has 0 aliphatic heterocycles. The summed E-state index contributed by atoms with van der Waals surface area (Å²) in [4.78, 5) is 0. The van der Waals surface area contributed by atoms with Gasteiger partial charge in [0.15, 0.2) is 0 Å². The lowest BCUT2D eigenvalue weighted by molar-refractivity contribution is 1.37. The van der Waals surface area contributed by atoms with Crippen LogP contribution in [0.1, 0.15) is 22.3 Å². The molecule has 3 aromatic rings. The van der Waals surface area contributed by atoms with Gasteiger partial charge in [0.1, 0.15) is 0 Å². The molecule has 0 spiro atoms. The predicted octanol–water partition coefficient (Wildman–Crippen LogP) is 3.96. The fraction of sp³-hybridized carbons (Fsp3) is 0.0909. The minimum atomic E-state index is 1.06. The van der Waals surface area contributed by atoms with Crippen LogP contribution in [0, 0.1) is 13.8 Å². The highest BCUT2D eigenvalue weighted by Crippen LogP contribution is 2.23. The highest BCUT2D eigenvalue weighted by atomic mass is 14.1. The molecule has 0 atom stereocenters. The molecule has 0 heteroatoms. The predicted molar refractivity (Wildman–Crippen MR) is 95.2 cm³/mol. The van der Waals surface area contributed by atoms with Crippen LogP contribution in [-0.4, -0.2) is 0 Å². The Labute approximate surface area is 132 Å². The molecule has 0 nitrogen and oxygen atoms in total. The average Bonchev–Trinajstić information content (AvgIpc) is 2.53. The molecule has 0 saturated carbocycles. The first kappa shape index (κ1) is 14.3. The zero-order valence-corrected chi connectivity index (χ0v) is 13.1. The maximum Gasteiger partial charge on any atom is -0.00304 e. The van der Waals surface area contributed by atoms with Gasteiger partial charge in [-0.2, -0.15) is 0 Å². The molecule has 0 heterocycles. The van der Waals surface area contributed by atoms with E-state index in [1.165, 1.54) is 33.0 Å². The maximum atomic E-state index is 4.22. The van der Waals surface area contributed by atoms with Crippen molar-refractivity contribution >= 4 is 12.2 Å². The Kier molecular flexibility index (Phi) is 3.93. The van der Waals surface area contributed by atoms with Crippen molar-refractivity contribution in [3.63, 3.8) is 0 Å². The van der Waals surface area contributed by atoms with Crippen molar-refractivity contribution in [3.05, 3.63) is 105 Å². The maximum absolute atomic E-state index is 4.22. The number of benzene rings is 3. The van der Waals surface area contributed by atoms with Gasteiger partial charge in [-0.3, -0.25) is 0 Å². The van der Waals surface area contributed by atoms with E-state index in [0.717, 1.165) is 5.22 Å². The quantitative estimate of drug-likeness (QED) is 0.668. The first-order valence-electron chi connectivity index (χ1n) is 7.58. The second kappa shape index (κ2) is 6.03. The second-order valence-electron chi connectivity index (χ2n) is 5.71. The number of hydrogen-bond acceptors (Lipinski definition) is 0. The summed E-state index contributed by atoms with van der Waals surface area (Å²) in [6.45, 7) is 8.50. The van der Waals surface area contributed by atoms with E-state index in [2.05, 4.69) is 87.2 Å². The fourth-order valence-corrected chi connectivity index (χ4v) is 2.79. The summed E-state index contributed by atoms with van der Waals surface area (Å²) >= 11 is 0. The molecule has 3 aromatic carbocycles. The molecule has 22 heavy (non-hydrogen) atoms. The van der Waals surface area contributed by atoms with Gasteiger partial charge in [0.25, 0.3) is 0 Å². The lowest BCUT2D eigenvalue weighted by Crippen LogP contribution is -2.26. The Morgan fingerprint density at radius 2 is 1.36 bits per heavy atom. The van der Waals surface area contributed by atoms with E-state index in [-0.39, 0.29) is 0 Å². The van der Waals surface area contributed by atoms with Gasteiger partial charge in [-0.25, -0.2) is 0 Å². The smallest absolute Gasteiger partial charge is 0.00304 e. The van der Waals surface area contributed by atoms with Crippen LogP contribution in [0.5, 0.6) is 0 Å². The van der Waals surface area contributed by atoms with Crippen LogP contribution in [0.15, 0.2) is 72.8 Å². The van der Waals surface area contributed by atoms with Crippen molar-refractivity contribution < 1.29 is 0 Å². The minimum Gasteiger partial charge on any atom is -0.0911 e. The summed E-state index contributed by atoms with van der Waals surface area (Å²) in [6.07, 6.45) is 0. The largest absolute Gasteiger partial charge is 0.0911 e. The van der Waals surface area contributed by atoms with Gasteiger partial charge in [-0.15, -0.1) is 0 Å². The average molecular weight is 284 g/mol. The van der Waals surface area contributed by atoms with Crippen molar-refractivity contribution in [2.45, 2.75) is 13.8 Å². The summed E-state index contributed by atoms with van der Waals surface area (Å²) in [5.41, 5.74) is 6.30. The third-order valence-electron chi connectivity index (χ3n) is 4.04. The van der Waals surface area contributed by atoms with Crippen molar-refractivity contribution in [1.82, 2.24) is 0 Å². The van der Waals surface area contributed by atoms with Gasteiger partial charge in [-0.1, -0.05) is 84.9 Å². The van der Waals surface area contributed by atoms with E-state index in [9.17, 15) is 0 Å². The molecule has 3 rings (SSSR count). The second-order valence-corrected chi connectivity index (χ2v) is 5.71. The Balaban J connectivity index is 2.42. The Morgan fingerprint density at radius 3 is 2.05 bits per heavy atom. The van der Waals surface area contributed by atoms with E-state index in [0.29, 0.717) is 0 Å². The van der Waals surface area contributed by atoms with Gasteiger partial charge < -0.3 is 0 Å². The molecule has 0 amide bonds. The first-order valence-corrected chi connectivity index (χ1v) is 7.58. The summed E-state index contributed by atoms with van der Waals surface area (Å²) < 4.78 is 0. The molecule has 0 radical (unpaired) electrons. The van der Waals surface area contributed by atoms with E-state index in [1.807, 2.05) is 6.07 Å². The lowest BCUT2D eigenvalue weighted by atomic mass is 9.91. The van der Waals surface area contributed by atoms with Crippen molar-refractivity contribution in [2.24, 2.45) is 0 Å². The molecule has 0 N–H and O–H groups in total. The van der Waals surface area contributed by atoms with E-state index < -0.39 is 0 Å². The summed E-state index contributed by atoms with van der Waals surface area (Å²) in [5, 5.41) is 2.25. The van der Waals surface area contributed by atoms with Crippen LogP contribution in [-0.2, 0) is 0 Å². The summed E-state index contributed by atoms with van der Waals surface area (Å²) in [7, 11) is 0. The molecular formula is C22H20. The zero-order valence-electron chi connectivity index (χ0n) is 13.1. The Bertz CT molecular complexity index is 899. The van der Waals surface area contributed by atoms with Crippen LogP contribution >= 0.6 is 0 Å². The molecule has 0 bridgehead atoms. The van der Waals surface area contributed by atoms with Crippen molar-refractivity contribution in [1.29, 1.82) is 0 Å². The van der Waals surface area contributed by atoms with Gasteiger partial charge in [-0.05, 0) is 46.5 Å². The molecule has 0 aliphatic rings. The molecule has 0 saturated heterocycles. The van der Waals surface area contributed by atoms with Gasteiger partial charge in [0, 0.05) is 0 Å². The van der Waals surface area contributed by atoms with Crippen molar-refractivity contribution in [3.8, 4) is 0 Å². The third kappa shape index (κ3) is 2.73. The van der Waals surface area contributed by atoms with Gasteiger partial charge in [0.05, 0.1) is 0 Å². The monoisotopic (exact) mass is 284 g/mol. The number of hydrogen-bond donors (Lipinski definition) is 0. The van der Waals surface area contributed by atoms with E-state index in [1.54, 1.807) is 0 Å². The van der Waals surface area contributed by atoms with Crippen LogP contribution < -0.4 is 10.4 Å². The SMILES string of the molecule is C=c1cccc/c1=C(\c1ccc(C)cc1)c1ccccc1C. The highest BCUT2D eigenvalue weighted by Gasteiger charge is 2.09. The topological polar surface area (TPSA) is 0 Å². The first-order chi connectivity index (χ1) is 10.7. The molecule has 0 unspecified atom stereocenters. The third-order valence-corrected chi connectivity index (χ3v) is 4.04. The molecule has 0 fully saturated rings. The van der Waals surface area contributed by atoms with Crippen LogP contribution in [0.3, 0.4) is 0 Å². The Hall–Kier alpha value is -2.60. The highest BCUT2D eigenvalue weighted by molar-refractivity contribution is 5.81. The lowest BCUT2D eigenvalue weighted by Gasteiger charge is -2.12. The zero-order chi connectivity index (χ0) is 15.5.